The summed E-state index contributed by atoms with van der Waals surface area (Å²) < 4.78 is 1.86. The Labute approximate surface area is 118 Å². The number of nitrogens with zero attached hydrogens (tertiary/aromatic N) is 3. The van der Waals surface area contributed by atoms with Gasteiger partial charge in [-0.1, -0.05) is 24.6 Å². The zero-order valence-corrected chi connectivity index (χ0v) is 12.2. The van der Waals surface area contributed by atoms with E-state index in [1.165, 1.54) is 0 Å². The van der Waals surface area contributed by atoms with E-state index in [2.05, 4.69) is 30.9 Å². The Kier molecular flexibility index (Phi) is 4.22. The predicted molar refractivity (Wildman–Crippen MR) is 77.3 cm³/mol. The molecular formula is C14H19ClN4. The van der Waals surface area contributed by atoms with Crippen molar-refractivity contribution < 1.29 is 0 Å². The number of pyridine rings is 1. The minimum atomic E-state index is -0.353. The predicted octanol–water partition coefficient (Wildman–Crippen LogP) is 3.12. The van der Waals surface area contributed by atoms with Crippen molar-refractivity contribution in [3.8, 4) is 0 Å². The van der Waals surface area contributed by atoms with E-state index in [0.717, 1.165) is 23.4 Å². The molecule has 0 aliphatic heterocycles. The molecule has 2 aromatic rings. The Morgan fingerprint density at radius 2 is 2.16 bits per heavy atom. The first kappa shape index (κ1) is 14.0. The van der Waals surface area contributed by atoms with Gasteiger partial charge in [-0.15, -0.1) is 0 Å². The fraction of sp³-hybridized carbons (Fsp3) is 0.429. The van der Waals surface area contributed by atoms with Crippen LogP contribution in [-0.4, -0.2) is 14.8 Å². The zero-order chi connectivity index (χ0) is 14.0. The number of rotatable bonds is 4. The molecule has 1 unspecified atom stereocenters. The van der Waals surface area contributed by atoms with Crippen molar-refractivity contribution >= 4 is 11.6 Å². The molecule has 0 radical (unpaired) electrons. The molecule has 2 N–H and O–H groups in total. The largest absolute Gasteiger partial charge is 0.318 e. The fourth-order valence-electron chi connectivity index (χ4n) is 2.21. The SMILES string of the molecule is CCc1cccnc1C(N)c1c(Cl)cnn1C(C)C. The highest BCUT2D eigenvalue weighted by Gasteiger charge is 2.22. The number of aromatic nitrogens is 3. The van der Waals surface area contributed by atoms with Crippen molar-refractivity contribution in [1.82, 2.24) is 14.8 Å². The smallest absolute Gasteiger partial charge is 0.0915 e. The molecule has 5 heteroatoms. The third-order valence-electron chi connectivity index (χ3n) is 3.17. The van der Waals surface area contributed by atoms with Gasteiger partial charge in [-0.2, -0.15) is 5.10 Å². The van der Waals surface area contributed by atoms with Crippen LogP contribution >= 0.6 is 11.6 Å². The van der Waals surface area contributed by atoms with E-state index >= 15 is 0 Å². The Morgan fingerprint density at radius 3 is 2.79 bits per heavy atom. The van der Waals surface area contributed by atoms with Crippen LogP contribution in [0.1, 0.15) is 49.8 Å². The van der Waals surface area contributed by atoms with Crippen LogP contribution in [-0.2, 0) is 6.42 Å². The van der Waals surface area contributed by atoms with Crippen LogP contribution in [0.4, 0.5) is 0 Å². The lowest BCUT2D eigenvalue weighted by atomic mass is 10.0. The Balaban J connectivity index is 2.50. The van der Waals surface area contributed by atoms with Crippen LogP contribution in [0, 0.1) is 0 Å². The molecule has 19 heavy (non-hydrogen) atoms. The molecule has 0 spiro atoms. The Hall–Kier alpha value is -1.39. The van der Waals surface area contributed by atoms with Crippen molar-refractivity contribution in [2.45, 2.75) is 39.3 Å². The van der Waals surface area contributed by atoms with Gasteiger partial charge < -0.3 is 5.73 Å². The molecule has 1 atom stereocenters. The second-order valence-electron chi connectivity index (χ2n) is 4.80. The first-order chi connectivity index (χ1) is 9.06. The zero-order valence-electron chi connectivity index (χ0n) is 11.5. The summed E-state index contributed by atoms with van der Waals surface area (Å²) >= 11 is 6.24. The van der Waals surface area contributed by atoms with E-state index in [-0.39, 0.29) is 12.1 Å². The van der Waals surface area contributed by atoms with Crippen LogP contribution in [0.3, 0.4) is 0 Å². The lowest BCUT2D eigenvalue weighted by molar-refractivity contribution is 0.497. The molecule has 2 rings (SSSR count). The monoisotopic (exact) mass is 278 g/mol. The van der Waals surface area contributed by atoms with Gasteiger partial charge in [-0.3, -0.25) is 9.67 Å². The number of aryl methyl sites for hydroxylation is 1. The molecule has 0 aromatic carbocycles. The van der Waals surface area contributed by atoms with Gasteiger partial charge in [0.25, 0.3) is 0 Å². The summed E-state index contributed by atoms with van der Waals surface area (Å²) in [5.41, 5.74) is 9.20. The summed E-state index contributed by atoms with van der Waals surface area (Å²) in [5, 5.41) is 4.89. The Bertz CT molecular complexity index is 562. The second-order valence-corrected chi connectivity index (χ2v) is 5.20. The number of nitrogens with two attached hydrogens (primary N) is 1. The average molecular weight is 279 g/mol. The summed E-state index contributed by atoms with van der Waals surface area (Å²) in [4.78, 5) is 4.42. The summed E-state index contributed by atoms with van der Waals surface area (Å²) in [7, 11) is 0. The maximum Gasteiger partial charge on any atom is 0.0915 e. The molecule has 2 heterocycles. The quantitative estimate of drug-likeness (QED) is 0.935. The number of hydrogen-bond donors (Lipinski definition) is 1. The van der Waals surface area contributed by atoms with Crippen molar-refractivity contribution in [3.63, 3.8) is 0 Å². The first-order valence-corrected chi connectivity index (χ1v) is 6.86. The van der Waals surface area contributed by atoms with Crippen molar-refractivity contribution in [2.75, 3.05) is 0 Å². The summed E-state index contributed by atoms with van der Waals surface area (Å²) in [5.74, 6) is 0. The van der Waals surface area contributed by atoms with Crippen LogP contribution in [0.15, 0.2) is 24.5 Å². The van der Waals surface area contributed by atoms with E-state index < -0.39 is 0 Å². The van der Waals surface area contributed by atoms with Crippen LogP contribution in [0.2, 0.25) is 5.02 Å². The third-order valence-corrected chi connectivity index (χ3v) is 3.46. The van der Waals surface area contributed by atoms with E-state index in [1.54, 1.807) is 12.4 Å². The molecule has 2 aromatic heterocycles. The van der Waals surface area contributed by atoms with Gasteiger partial charge in [0.2, 0.25) is 0 Å². The Morgan fingerprint density at radius 1 is 1.42 bits per heavy atom. The van der Waals surface area contributed by atoms with Crippen LogP contribution < -0.4 is 5.73 Å². The average Bonchev–Trinajstić information content (AvgIpc) is 2.80. The minimum Gasteiger partial charge on any atom is -0.318 e. The standard InChI is InChI=1S/C14H19ClN4/c1-4-10-6-5-7-17-13(10)12(16)14-11(15)8-18-19(14)9(2)3/h5-9,12H,4,16H2,1-3H3. The maximum atomic E-state index is 6.37. The normalized spacial score (nSPS) is 12.9. The highest BCUT2D eigenvalue weighted by atomic mass is 35.5. The van der Waals surface area contributed by atoms with Gasteiger partial charge in [-0.05, 0) is 31.9 Å². The van der Waals surface area contributed by atoms with Crippen molar-refractivity contribution in [2.24, 2.45) is 5.73 Å². The highest BCUT2D eigenvalue weighted by Crippen LogP contribution is 2.29. The molecular weight excluding hydrogens is 260 g/mol. The van der Waals surface area contributed by atoms with E-state index in [4.69, 9.17) is 17.3 Å². The van der Waals surface area contributed by atoms with E-state index in [9.17, 15) is 0 Å². The third kappa shape index (κ3) is 2.65. The molecule has 4 nitrogen and oxygen atoms in total. The van der Waals surface area contributed by atoms with Gasteiger partial charge in [0, 0.05) is 12.2 Å². The molecule has 0 aliphatic carbocycles. The maximum absolute atomic E-state index is 6.37. The molecule has 0 fully saturated rings. The van der Waals surface area contributed by atoms with Gasteiger partial charge in [-0.25, -0.2) is 0 Å². The van der Waals surface area contributed by atoms with E-state index in [1.807, 2.05) is 16.8 Å². The number of hydrogen-bond acceptors (Lipinski definition) is 3. The summed E-state index contributed by atoms with van der Waals surface area (Å²) in [6.45, 7) is 6.20. The molecule has 0 saturated heterocycles. The fourth-order valence-corrected chi connectivity index (χ4v) is 2.46. The van der Waals surface area contributed by atoms with E-state index in [0.29, 0.717) is 5.02 Å². The lowest BCUT2D eigenvalue weighted by Crippen LogP contribution is -2.21. The van der Waals surface area contributed by atoms with Crippen LogP contribution in [0.5, 0.6) is 0 Å². The second kappa shape index (κ2) is 5.72. The van der Waals surface area contributed by atoms with Gasteiger partial charge >= 0.3 is 0 Å². The van der Waals surface area contributed by atoms with Crippen LogP contribution in [0.25, 0.3) is 0 Å². The summed E-state index contributed by atoms with van der Waals surface area (Å²) in [6, 6.07) is 3.83. The topological polar surface area (TPSA) is 56.7 Å². The first-order valence-electron chi connectivity index (χ1n) is 6.48. The lowest BCUT2D eigenvalue weighted by Gasteiger charge is -2.18. The van der Waals surface area contributed by atoms with Gasteiger partial charge in [0.1, 0.15) is 0 Å². The molecule has 0 amide bonds. The highest BCUT2D eigenvalue weighted by molar-refractivity contribution is 6.31. The minimum absolute atomic E-state index is 0.210. The molecule has 0 bridgehead atoms. The number of halogens is 1. The molecule has 0 aliphatic rings. The van der Waals surface area contributed by atoms with Gasteiger partial charge in [0.05, 0.1) is 28.6 Å². The molecule has 0 saturated carbocycles. The van der Waals surface area contributed by atoms with Crippen molar-refractivity contribution in [3.05, 3.63) is 46.5 Å². The van der Waals surface area contributed by atoms with Crippen molar-refractivity contribution in [1.29, 1.82) is 0 Å². The summed E-state index contributed by atoms with van der Waals surface area (Å²) in [6.07, 6.45) is 4.30. The van der Waals surface area contributed by atoms with Gasteiger partial charge in [0.15, 0.2) is 0 Å². The molecule has 102 valence electrons.